The number of hydrazine groups is 1. The predicted octanol–water partition coefficient (Wildman–Crippen LogP) is 2.08. The van der Waals surface area contributed by atoms with E-state index in [2.05, 4.69) is 10.4 Å². The largest absolute Gasteiger partial charge is 0.311 e. The van der Waals surface area contributed by atoms with Crippen LogP contribution in [0.3, 0.4) is 0 Å². The Morgan fingerprint density at radius 1 is 1.40 bits per heavy atom. The summed E-state index contributed by atoms with van der Waals surface area (Å²) in [5.74, 6) is 7.61. The standard InChI is InChI=1S/C11H15N3S/c12-14-11(10-7-4-8-15-10)13-9-5-2-1-3-6-9/h1-3,5-6,10H,4,7-8,12H2,(H,13,14). The van der Waals surface area contributed by atoms with E-state index >= 15 is 0 Å². The van der Waals surface area contributed by atoms with Crippen LogP contribution in [0, 0.1) is 0 Å². The third-order valence-corrected chi connectivity index (χ3v) is 3.77. The average molecular weight is 221 g/mol. The number of benzene rings is 1. The fraction of sp³-hybridized carbons (Fsp3) is 0.364. The highest BCUT2D eigenvalue weighted by atomic mass is 32.2. The summed E-state index contributed by atoms with van der Waals surface area (Å²) in [7, 11) is 0. The van der Waals surface area contributed by atoms with Gasteiger partial charge in [-0.1, -0.05) is 18.2 Å². The molecule has 1 aliphatic rings. The second-order valence-electron chi connectivity index (χ2n) is 3.48. The number of amidine groups is 1. The van der Waals surface area contributed by atoms with Crippen molar-refractivity contribution >= 4 is 23.3 Å². The lowest BCUT2D eigenvalue weighted by atomic mass is 10.2. The molecule has 0 saturated carbocycles. The van der Waals surface area contributed by atoms with E-state index in [9.17, 15) is 0 Å². The highest BCUT2D eigenvalue weighted by Crippen LogP contribution is 2.27. The van der Waals surface area contributed by atoms with Crippen LogP contribution in [0.25, 0.3) is 0 Å². The van der Waals surface area contributed by atoms with E-state index in [-0.39, 0.29) is 0 Å². The average Bonchev–Trinajstić information content (AvgIpc) is 2.81. The summed E-state index contributed by atoms with van der Waals surface area (Å²) in [6, 6.07) is 9.91. The Hall–Kier alpha value is -1.00. The van der Waals surface area contributed by atoms with E-state index in [1.54, 1.807) is 0 Å². The molecule has 2 rings (SSSR count). The first-order chi connectivity index (χ1) is 7.40. The number of para-hydroxylation sites is 1. The molecule has 0 aliphatic carbocycles. The number of nitrogens with two attached hydrogens (primary N) is 1. The van der Waals surface area contributed by atoms with Crippen LogP contribution in [-0.4, -0.2) is 16.8 Å². The zero-order chi connectivity index (χ0) is 10.5. The first-order valence-corrected chi connectivity index (χ1v) is 6.17. The van der Waals surface area contributed by atoms with E-state index in [0.29, 0.717) is 5.25 Å². The number of nitrogens with one attached hydrogen (secondary N) is 1. The molecule has 0 amide bonds. The van der Waals surface area contributed by atoms with E-state index in [4.69, 9.17) is 5.84 Å². The Kier molecular flexibility index (Phi) is 3.64. The molecule has 1 aliphatic heterocycles. The topological polar surface area (TPSA) is 50.4 Å². The van der Waals surface area contributed by atoms with E-state index in [1.807, 2.05) is 42.1 Å². The summed E-state index contributed by atoms with van der Waals surface area (Å²) >= 11 is 1.92. The van der Waals surface area contributed by atoms with Crippen LogP contribution in [-0.2, 0) is 0 Å². The summed E-state index contributed by atoms with van der Waals surface area (Å²) in [5, 5.41) is 0.440. The summed E-state index contributed by atoms with van der Waals surface area (Å²) in [5.41, 5.74) is 3.68. The lowest BCUT2D eigenvalue weighted by Gasteiger charge is -2.11. The van der Waals surface area contributed by atoms with Gasteiger partial charge in [0.1, 0.15) is 5.84 Å². The minimum Gasteiger partial charge on any atom is -0.311 e. The number of nitrogens with zero attached hydrogens (tertiary/aromatic N) is 1. The molecular formula is C11H15N3S. The molecule has 1 heterocycles. The fourth-order valence-electron chi connectivity index (χ4n) is 1.63. The Balaban J connectivity index is 2.15. The highest BCUT2D eigenvalue weighted by molar-refractivity contribution is 8.00. The third-order valence-electron chi connectivity index (χ3n) is 2.39. The Labute approximate surface area is 94.1 Å². The van der Waals surface area contributed by atoms with Gasteiger partial charge in [0.2, 0.25) is 0 Å². The SMILES string of the molecule is NNC(=Nc1ccccc1)C1CCCS1. The molecular weight excluding hydrogens is 206 g/mol. The van der Waals surface area contributed by atoms with Gasteiger partial charge in [-0.2, -0.15) is 11.8 Å². The van der Waals surface area contributed by atoms with Crippen molar-refractivity contribution in [1.82, 2.24) is 5.43 Å². The van der Waals surface area contributed by atoms with Crippen molar-refractivity contribution in [3.8, 4) is 0 Å². The molecule has 3 N–H and O–H groups in total. The smallest absolute Gasteiger partial charge is 0.129 e. The van der Waals surface area contributed by atoms with Crippen LogP contribution in [0.5, 0.6) is 0 Å². The highest BCUT2D eigenvalue weighted by Gasteiger charge is 2.20. The molecule has 1 unspecified atom stereocenters. The zero-order valence-electron chi connectivity index (χ0n) is 8.52. The second kappa shape index (κ2) is 5.19. The molecule has 15 heavy (non-hydrogen) atoms. The van der Waals surface area contributed by atoms with E-state index < -0.39 is 0 Å². The second-order valence-corrected chi connectivity index (χ2v) is 4.79. The molecule has 3 nitrogen and oxygen atoms in total. The van der Waals surface area contributed by atoms with Crippen molar-refractivity contribution in [3.05, 3.63) is 30.3 Å². The van der Waals surface area contributed by atoms with Gasteiger partial charge < -0.3 is 5.43 Å². The van der Waals surface area contributed by atoms with Crippen molar-refractivity contribution in [2.24, 2.45) is 10.8 Å². The zero-order valence-corrected chi connectivity index (χ0v) is 9.33. The van der Waals surface area contributed by atoms with Crippen LogP contribution in [0.15, 0.2) is 35.3 Å². The fourth-order valence-corrected chi connectivity index (χ4v) is 2.86. The van der Waals surface area contributed by atoms with Gasteiger partial charge in [-0.15, -0.1) is 0 Å². The summed E-state index contributed by atoms with van der Waals surface area (Å²) in [4.78, 5) is 4.52. The molecule has 1 atom stereocenters. The molecule has 1 fully saturated rings. The molecule has 1 saturated heterocycles. The minimum absolute atomic E-state index is 0.440. The van der Waals surface area contributed by atoms with E-state index in [0.717, 1.165) is 11.5 Å². The Morgan fingerprint density at radius 3 is 2.80 bits per heavy atom. The maximum absolute atomic E-state index is 5.51. The monoisotopic (exact) mass is 221 g/mol. The summed E-state index contributed by atoms with van der Waals surface area (Å²) < 4.78 is 0. The van der Waals surface area contributed by atoms with Gasteiger partial charge in [0.05, 0.1) is 10.9 Å². The lowest BCUT2D eigenvalue weighted by molar-refractivity contribution is 0.864. The molecule has 0 radical (unpaired) electrons. The number of hydrogen-bond donors (Lipinski definition) is 2. The van der Waals surface area contributed by atoms with Crippen LogP contribution in [0.4, 0.5) is 5.69 Å². The van der Waals surface area contributed by atoms with Gasteiger partial charge >= 0.3 is 0 Å². The van der Waals surface area contributed by atoms with Gasteiger partial charge in [0.25, 0.3) is 0 Å². The first-order valence-electron chi connectivity index (χ1n) is 5.12. The molecule has 0 bridgehead atoms. The Bertz CT molecular complexity index is 331. The third kappa shape index (κ3) is 2.73. The van der Waals surface area contributed by atoms with Crippen LogP contribution in [0.1, 0.15) is 12.8 Å². The van der Waals surface area contributed by atoms with Crippen LogP contribution >= 0.6 is 11.8 Å². The maximum atomic E-state index is 5.51. The predicted molar refractivity (Wildman–Crippen MR) is 66.3 cm³/mol. The van der Waals surface area contributed by atoms with Crippen molar-refractivity contribution in [2.75, 3.05) is 5.75 Å². The minimum atomic E-state index is 0.440. The maximum Gasteiger partial charge on any atom is 0.129 e. The van der Waals surface area contributed by atoms with Crippen LogP contribution in [0.2, 0.25) is 0 Å². The summed E-state index contributed by atoms with van der Waals surface area (Å²) in [6.45, 7) is 0. The van der Waals surface area contributed by atoms with E-state index in [1.165, 1.54) is 18.6 Å². The van der Waals surface area contributed by atoms with Gasteiger partial charge in [0.15, 0.2) is 0 Å². The number of hydrogen-bond acceptors (Lipinski definition) is 3. The van der Waals surface area contributed by atoms with Crippen LogP contribution < -0.4 is 11.3 Å². The molecule has 0 spiro atoms. The Morgan fingerprint density at radius 2 is 2.20 bits per heavy atom. The van der Waals surface area contributed by atoms with Crippen molar-refractivity contribution < 1.29 is 0 Å². The molecule has 1 aromatic rings. The molecule has 0 aromatic heterocycles. The number of thioether (sulfide) groups is 1. The molecule has 4 heteroatoms. The van der Waals surface area contributed by atoms with Gasteiger partial charge in [-0.25, -0.2) is 10.8 Å². The van der Waals surface area contributed by atoms with Gasteiger partial charge in [-0.05, 0) is 30.7 Å². The molecule has 80 valence electrons. The quantitative estimate of drug-likeness (QED) is 0.348. The van der Waals surface area contributed by atoms with Crippen molar-refractivity contribution in [3.63, 3.8) is 0 Å². The molecule has 1 aromatic carbocycles. The number of rotatable bonds is 2. The van der Waals surface area contributed by atoms with Gasteiger partial charge in [-0.3, -0.25) is 0 Å². The van der Waals surface area contributed by atoms with Crippen molar-refractivity contribution in [1.29, 1.82) is 0 Å². The summed E-state index contributed by atoms with van der Waals surface area (Å²) in [6.07, 6.45) is 2.42. The normalized spacial score (nSPS) is 21.7. The number of aliphatic imine (C=N–C) groups is 1. The first kappa shape index (κ1) is 10.5. The lowest BCUT2D eigenvalue weighted by Crippen LogP contribution is -2.36. The van der Waals surface area contributed by atoms with Crippen molar-refractivity contribution in [2.45, 2.75) is 18.1 Å². The van der Waals surface area contributed by atoms with Gasteiger partial charge in [0, 0.05) is 0 Å².